The zero-order chi connectivity index (χ0) is 32.8. The summed E-state index contributed by atoms with van der Waals surface area (Å²) in [6.45, 7) is 11.0. The predicted molar refractivity (Wildman–Crippen MR) is 167 cm³/mol. The third kappa shape index (κ3) is 9.05. The summed E-state index contributed by atoms with van der Waals surface area (Å²) in [4.78, 5) is 47.2. The highest BCUT2D eigenvalue weighted by Crippen LogP contribution is 2.42. The molecule has 0 bridgehead atoms. The standard InChI is InChI=1S/C17H24N2O3.C17H23NO4/c1-16(2,3)22-15(21)19-17(9-4-10-17)13-7-5-12(6-8-13)14(20)11-18;1-16(2,3)22-15(20)18-17(10-5-11-17)13-8-6-12(7-9-13)14(19)21-4/h5-8H,4,9-11,18H2,1-3H3,(H,19,21);6-9H,5,10-11H2,1-4H3,(H,18,20). The highest BCUT2D eigenvalue weighted by Gasteiger charge is 2.42. The summed E-state index contributed by atoms with van der Waals surface area (Å²) in [5.41, 5.74) is 6.62. The molecule has 2 aliphatic rings. The number of amides is 2. The van der Waals surface area contributed by atoms with Gasteiger partial charge in [-0.05, 0) is 103 Å². The molecular formula is C34H47N3O7. The average molecular weight is 610 g/mol. The smallest absolute Gasteiger partial charge is 0.408 e. The Hall–Kier alpha value is -3.92. The normalized spacial score (nSPS) is 16.5. The summed E-state index contributed by atoms with van der Waals surface area (Å²) in [6.07, 6.45) is 4.76. The number of benzene rings is 2. The quantitative estimate of drug-likeness (QED) is 0.194. The van der Waals surface area contributed by atoms with Crippen molar-refractivity contribution in [2.45, 2.75) is 102 Å². The Bertz CT molecular complexity index is 1210. The van der Waals surface area contributed by atoms with Gasteiger partial charge < -0.3 is 30.6 Å². The van der Waals surface area contributed by atoms with Crippen LogP contribution in [-0.2, 0) is 25.3 Å². The maximum atomic E-state index is 12.1. The number of ether oxygens (including phenoxy) is 3. The lowest BCUT2D eigenvalue weighted by Crippen LogP contribution is -2.52. The van der Waals surface area contributed by atoms with Gasteiger partial charge in [-0.3, -0.25) is 4.79 Å². The lowest BCUT2D eigenvalue weighted by molar-refractivity contribution is 0.0365. The third-order valence-corrected chi connectivity index (χ3v) is 7.70. The van der Waals surface area contributed by atoms with Gasteiger partial charge in [0.2, 0.25) is 0 Å². The molecule has 0 saturated heterocycles. The molecule has 2 aromatic rings. The zero-order valence-corrected chi connectivity index (χ0v) is 27.0. The predicted octanol–water partition coefficient (Wildman–Crippen LogP) is 6.11. The minimum atomic E-state index is -0.524. The van der Waals surface area contributed by atoms with Crippen LogP contribution in [-0.4, -0.2) is 48.8 Å². The molecule has 0 spiro atoms. The molecule has 240 valence electrons. The minimum Gasteiger partial charge on any atom is -0.465 e. The van der Waals surface area contributed by atoms with E-state index in [1.165, 1.54) is 7.11 Å². The molecule has 0 radical (unpaired) electrons. The fraction of sp³-hybridized carbons (Fsp3) is 0.529. The van der Waals surface area contributed by atoms with E-state index in [4.69, 9.17) is 19.9 Å². The van der Waals surface area contributed by atoms with Crippen LogP contribution in [0.1, 0.15) is 112 Å². The number of esters is 1. The van der Waals surface area contributed by atoms with Gasteiger partial charge in [-0.2, -0.15) is 0 Å². The number of alkyl carbamates (subject to hydrolysis) is 2. The molecular weight excluding hydrogens is 562 g/mol. The van der Waals surface area contributed by atoms with Crippen molar-refractivity contribution in [1.82, 2.24) is 10.6 Å². The first-order valence-corrected chi connectivity index (χ1v) is 15.1. The van der Waals surface area contributed by atoms with E-state index in [-0.39, 0.29) is 23.8 Å². The molecule has 2 saturated carbocycles. The van der Waals surface area contributed by atoms with E-state index in [2.05, 4.69) is 10.6 Å². The van der Waals surface area contributed by atoms with Gasteiger partial charge in [0, 0.05) is 5.56 Å². The van der Waals surface area contributed by atoms with Crippen molar-refractivity contribution in [3.63, 3.8) is 0 Å². The van der Waals surface area contributed by atoms with Crippen LogP contribution in [0.4, 0.5) is 9.59 Å². The average Bonchev–Trinajstić information content (AvgIpc) is 2.90. The summed E-state index contributed by atoms with van der Waals surface area (Å²) < 4.78 is 15.4. The number of methoxy groups -OCH3 is 1. The molecule has 2 aliphatic carbocycles. The van der Waals surface area contributed by atoms with Gasteiger partial charge in [-0.1, -0.05) is 36.4 Å². The Morgan fingerprint density at radius 2 is 1.05 bits per heavy atom. The van der Waals surface area contributed by atoms with Crippen LogP contribution in [0.5, 0.6) is 0 Å². The molecule has 4 N–H and O–H groups in total. The lowest BCUT2D eigenvalue weighted by Gasteiger charge is -2.43. The van der Waals surface area contributed by atoms with Gasteiger partial charge in [0.05, 0.1) is 30.3 Å². The molecule has 4 rings (SSSR count). The minimum absolute atomic E-state index is 0.000643. The fourth-order valence-corrected chi connectivity index (χ4v) is 5.17. The van der Waals surface area contributed by atoms with E-state index in [0.717, 1.165) is 49.7 Å². The molecule has 10 nitrogen and oxygen atoms in total. The van der Waals surface area contributed by atoms with Crippen molar-refractivity contribution < 1.29 is 33.4 Å². The zero-order valence-electron chi connectivity index (χ0n) is 27.0. The van der Waals surface area contributed by atoms with Crippen molar-refractivity contribution >= 4 is 23.9 Å². The van der Waals surface area contributed by atoms with Crippen LogP contribution < -0.4 is 16.4 Å². The maximum Gasteiger partial charge on any atom is 0.408 e. The van der Waals surface area contributed by atoms with E-state index in [1.54, 1.807) is 24.3 Å². The molecule has 44 heavy (non-hydrogen) atoms. The monoisotopic (exact) mass is 609 g/mol. The molecule has 0 atom stereocenters. The summed E-state index contributed by atoms with van der Waals surface area (Å²) in [5.74, 6) is -0.455. The molecule has 2 fully saturated rings. The number of nitrogens with one attached hydrogen (secondary N) is 2. The van der Waals surface area contributed by atoms with Crippen LogP contribution in [0.25, 0.3) is 0 Å². The first-order valence-electron chi connectivity index (χ1n) is 15.1. The first kappa shape index (κ1) is 34.6. The number of Topliss-reactive ketones (excluding diaryl/α,β-unsaturated/α-hetero) is 1. The van der Waals surface area contributed by atoms with Gasteiger partial charge in [0.1, 0.15) is 11.2 Å². The Morgan fingerprint density at radius 3 is 1.32 bits per heavy atom. The Balaban J connectivity index is 0.000000240. The molecule has 10 heteroatoms. The second-order valence-corrected chi connectivity index (χ2v) is 13.4. The van der Waals surface area contributed by atoms with Crippen LogP contribution in [0.2, 0.25) is 0 Å². The lowest BCUT2D eigenvalue weighted by atomic mass is 9.71. The highest BCUT2D eigenvalue weighted by molar-refractivity contribution is 5.97. The van der Waals surface area contributed by atoms with E-state index in [0.29, 0.717) is 11.1 Å². The Kier molecular flexibility index (Phi) is 10.8. The van der Waals surface area contributed by atoms with E-state index >= 15 is 0 Å². The first-order chi connectivity index (χ1) is 20.5. The summed E-state index contributed by atoms with van der Waals surface area (Å²) in [7, 11) is 1.35. The topological polar surface area (TPSA) is 146 Å². The van der Waals surface area contributed by atoms with Gasteiger partial charge in [0.15, 0.2) is 5.78 Å². The van der Waals surface area contributed by atoms with Crippen molar-refractivity contribution in [3.8, 4) is 0 Å². The van der Waals surface area contributed by atoms with Crippen LogP contribution >= 0.6 is 0 Å². The summed E-state index contributed by atoms with van der Waals surface area (Å²) in [6, 6.07) is 14.5. The van der Waals surface area contributed by atoms with Gasteiger partial charge in [-0.25, -0.2) is 14.4 Å². The molecule has 0 unspecified atom stereocenters. The van der Waals surface area contributed by atoms with Gasteiger partial charge >= 0.3 is 18.2 Å². The van der Waals surface area contributed by atoms with E-state index in [9.17, 15) is 19.2 Å². The number of nitrogens with two attached hydrogens (primary N) is 1. The van der Waals surface area contributed by atoms with Crippen LogP contribution in [0.15, 0.2) is 48.5 Å². The van der Waals surface area contributed by atoms with Gasteiger partial charge in [0.25, 0.3) is 0 Å². The number of rotatable bonds is 7. The second kappa shape index (κ2) is 13.8. The van der Waals surface area contributed by atoms with Crippen molar-refractivity contribution in [3.05, 3.63) is 70.8 Å². The van der Waals surface area contributed by atoms with E-state index < -0.39 is 28.9 Å². The number of hydrogen-bond donors (Lipinski definition) is 3. The Labute approximate surface area is 260 Å². The largest absolute Gasteiger partial charge is 0.465 e. The summed E-state index contributed by atoms with van der Waals surface area (Å²) >= 11 is 0. The van der Waals surface area contributed by atoms with Gasteiger partial charge in [-0.15, -0.1) is 0 Å². The third-order valence-electron chi connectivity index (χ3n) is 7.70. The maximum absolute atomic E-state index is 12.1. The number of hydrogen-bond acceptors (Lipinski definition) is 8. The Morgan fingerprint density at radius 1 is 0.682 bits per heavy atom. The second-order valence-electron chi connectivity index (χ2n) is 13.4. The molecule has 2 amide bonds. The fourth-order valence-electron chi connectivity index (χ4n) is 5.17. The molecule has 0 aromatic heterocycles. The number of carbonyl (C=O) groups excluding carboxylic acids is 4. The van der Waals surface area contributed by atoms with E-state index in [1.807, 2.05) is 65.8 Å². The molecule has 0 heterocycles. The van der Waals surface area contributed by atoms with Crippen molar-refractivity contribution in [2.75, 3.05) is 13.7 Å². The number of ketones is 1. The van der Waals surface area contributed by atoms with Crippen LogP contribution in [0, 0.1) is 0 Å². The SMILES string of the molecule is CC(C)(C)OC(=O)NC1(c2ccc(C(=O)CN)cc2)CCC1.COC(=O)c1ccc(C2(NC(=O)OC(C)(C)C)CCC2)cc1. The number of carbonyl (C=O) groups is 4. The summed E-state index contributed by atoms with van der Waals surface area (Å²) in [5, 5.41) is 5.98. The highest BCUT2D eigenvalue weighted by atomic mass is 16.6. The van der Waals surface area contributed by atoms with Crippen LogP contribution in [0.3, 0.4) is 0 Å². The van der Waals surface area contributed by atoms with Crippen molar-refractivity contribution in [2.24, 2.45) is 5.73 Å². The molecule has 2 aromatic carbocycles. The molecule has 0 aliphatic heterocycles. The van der Waals surface area contributed by atoms with Crippen molar-refractivity contribution in [1.29, 1.82) is 0 Å².